The van der Waals surface area contributed by atoms with Crippen LogP contribution in [0.15, 0.2) is 11.6 Å². The molecule has 0 aromatic carbocycles. The van der Waals surface area contributed by atoms with Crippen LogP contribution in [0.4, 0.5) is 0 Å². The van der Waals surface area contributed by atoms with Crippen molar-refractivity contribution in [2.75, 3.05) is 0 Å². The molecule has 1 N–H and O–H groups in total. The van der Waals surface area contributed by atoms with Crippen LogP contribution < -0.4 is 0 Å². The molecule has 37 heavy (non-hydrogen) atoms. The number of fused-ring (bicyclic) bond motifs is 5. The van der Waals surface area contributed by atoms with E-state index in [4.69, 9.17) is 14.6 Å². The van der Waals surface area contributed by atoms with Crippen LogP contribution in [-0.2, 0) is 28.7 Å². The van der Waals surface area contributed by atoms with E-state index in [2.05, 4.69) is 26.8 Å². The van der Waals surface area contributed by atoms with Crippen molar-refractivity contribution in [2.45, 2.75) is 123 Å². The van der Waals surface area contributed by atoms with Gasteiger partial charge in [0, 0.05) is 30.6 Å². The minimum absolute atomic E-state index is 0.0467. The fraction of sp³-hybridized carbons (Fsp3) is 0.800. The first-order valence-corrected chi connectivity index (χ1v) is 14.4. The maximum absolute atomic E-state index is 12.9. The van der Waals surface area contributed by atoms with Crippen LogP contribution in [0, 0.1) is 28.6 Å². The van der Waals surface area contributed by atoms with E-state index in [1.165, 1.54) is 5.57 Å². The van der Waals surface area contributed by atoms with E-state index in [-0.39, 0.29) is 53.5 Å². The van der Waals surface area contributed by atoms with Crippen molar-refractivity contribution >= 4 is 23.7 Å². The number of rotatable bonds is 10. The number of ether oxygens (including phenoxy) is 2. The molecule has 0 saturated heterocycles. The highest BCUT2D eigenvalue weighted by Crippen LogP contribution is 2.64. The second-order valence-electron chi connectivity index (χ2n) is 12.3. The first-order chi connectivity index (χ1) is 17.6. The van der Waals surface area contributed by atoms with Crippen molar-refractivity contribution in [2.24, 2.45) is 28.6 Å². The molecule has 0 amide bonds. The molecule has 0 aliphatic heterocycles. The fourth-order valence-corrected chi connectivity index (χ4v) is 7.94. The zero-order chi connectivity index (χ0) is 26.8. The number of unbranched alkanes of at least 4 members (excludes halogenated alkanes) is 3. The maximum Gasteiger partial charge on any atom is 0.306 e. The van der Waals surface area contributed by atoms with Crippen LogP contribution >= 0.6 is 0 Å². The molecule has 0 radical (unpaired) electrons. The summed E-state index contributed by atoms with van der Waals surface area (Å²) in [4.78, 5) is 49.1. The Morgan fingerprint density at radius 2 is 1.62 bits per heavy atom. The second kappa shape index (κ2) is 11.3. The van der Waals surface area contributed by atoms with Gasteiger partial charge in [0.25, 0.3) is 0 Å². The van der Waals surface area contributed by atoms with E-state index >= 15 is 0 Å². The molecule has 2 unspecified atom stereocenters. The van der Waals surface area contributed by atoms with E-state index in [0.717, 1.165) is 57.8 Å². The highest BCUT2D eigenvalue weighted by Gasteiger charge is 2.61. The highest BCUT2D eigenvalue weighted by molar-refractivity contribution is 5.87. The van der Waals surface area contributed by atoms with Crippen molar-refractivity contribution in [1.82, 2.24) is 0 Å². The minimum Gasteiger partial charge on any atom is -0.481 e. The molecule has 4 aliphatic carbocycles. The molecule has 4 rings (SSSR count). The number of esters is 2. The smallest absolute Gasteiger partial charge is 0.306 e. The average molecular weight is 517 g/mol. The van der Waals surface area contributed by atoms with Gasteiger partial charge >= 0.3 is 17.9 Å². The van der Waals surface area contributed by atoms with Crippen LogP contribution in [0.25, 0.3) is 0 Å². The van der Waals surface area contributed by atoms with Gasteiger partial charge < -0.3 is 14.6 Å². The number of hydrogen-bond acceptors (Lipinski definition) is 6. The number of hydrogen-bond donors (Lipinski definition) is 1. The SMILES string of the molecule is CCCCCCC(=O)OC1CC[C@@]2(C)C(=CC(OC(=O)CCC(=O)O)[C@@H]3[C@H]2CC[C@]2(C)C(=O)CC[C@@H]32)C1. The molecular weight excluding hydrogens is 472 g/mol. The van der Waals surface area contributed by atoms with Crippen LogP contribution in [0.5, 0.6) is 0 Å². The molecule has 7 heteroatoms. The van der Waals surface area contributed by atoms with Gasteiger partial charge in [-0.3, -0.25) is 19.2 Å². The summed E-state index contributed by atoms with van der Waals surface area (Å²) in [6, 6.07) is 0. The Bertz CT molecular complexity index is 938. The van der Waals surface area contributed by atoms with Crippen LogP contribution in [0.2, 0.25) is 0 Å². The Labute approximate surface area is 220 Å². The topological polar surface area (TPSA) is 107 Å². The lowest BCUT2D eigenvalue weighted by atomic mass is 9.47. The van der Waals surface area contributed by atoms with Crippen molar-refractivity contribution in [3.8, 4) is 0 Å². The summed E-state index contributed by atoms with van der Waals surface area (Å²) < 4.78 is 11.9. The number of carboxylic acids is 1. The second-order valence-corrected chi connectivity index (χ2v) is 12.3. The Morgan fingerprint density at radius 3 is 2.35 bits per heavy atom. The third kappa shape index (κ3) is 5.65. The van der Waals surface area contributed by atoms with E-state index in [0.29, 0.717) is 25.0 Å². The summed E-state index contributed by atoms with van der Waals surface area (Å²) in [6.07, 6.45) is 11.1. The van der Waals surface area contributed by atoms with Crippen molar-refractivity contribution in [3.05, 3.63) is 11.6 Å². The molecule has 3 saturated carbocycles. The molecule has 7 nitrogen and oxygen atoms in total. The van der Waals surface area contributed by atoms with Gasteiger partial charge in [-0.1, -0.05) is 45.6 Å². The number of carbonyl (C=O) groups is 4. The van der Waals surface area contributed by atoms with Crippen molar-refractivity contribution < 1.29 is 33.8 Å². The van der Waals surface area contributed by atoms with Gasteiger partial charge in [0.1, 0.15) is 18.0 Å². The lowest BCUT2D eigenvalue weighted by molar-refractivity contribution is -0.163. The van der Waals surface area contributed by atoms with E-state index < -0.39 is 18.0 Å². The van der Waals surface area contributed by atoms with E-state index in [9.17, 15) is 19.2 Å². The summed E-state index contributed by atoms with van der Waals surface area (Å²) in [5, 5.41) is 9.01. The Morgan fingerprint density at radius 1 is 0.919 bits per heavy atom. The standard InChI is InChI=1S/C30H44O7/c1-4-5-6-7-8-26(34)36-20-13-15-29(2)19(17-20)18-23(37-27(35)12-11-25(32)33)28-21-9-10-24(31)30(21,3)16-14-22(28)29/h18,20-23,28H,4-17H2,1-3H3,(H,32,33)/t20?,21-,22+,23?,28-,29-,30-/m0/s1. The summed E-state index contributed by atoms with van der Waals surface area (Å²) in [7, 11) is 0. The molecule has 4 aliphatic rings. The number of Topliss-reactive ketones (excluding diaryl/α,β-unsaturated/α-hetero) is 1. The number of aliphatic carboxylic acids is 1. The number of carboxylic acid groups (broad SMARTS) is 1. The minimum atomic E-state index is -1.03. The summed E-state index contributed by atoms with van der Waals surface area (Å²) >= 11 is 0. The predicted molar refractivity (Wildman–Crippen MR) is 137 cm³/mol. The average Bonchev–Trinajstić information content (AvgIpc) is 3.15. The largest absolute Gasteiger partial charge is 0.481 e. The van der Waals surface area contributed by atoms with Gasteiger partial charge in [-0.25, -0.2) is 0 Å². The quantitative estimate of drug-likeness (QED) is 0.223. The van der Waals surface area contributed by atoms with Crippen molar-refractivity contribution in [3.63, 3.8) is 0 Å². The van der Waals surface area contributed by atoms with Gasteiger partial charge in [-0.05, 0) is 61.9 Å². The van der Waals surface area contributed by atoms with Gasteiger partial charge in [-0.15, -0.1) is 0 Å². The molecule has 0 spiro atoms. The third-order valence-corrected chi connectivity index (χ3v) is 10.1. The highest BCUT2D eigenvalue weighted by atomic mass is 16.5. The lowest BCUT2D eigenvalue weighted by Gasteiger charge is -2.58. The monoisotopic (exact) mass is 516 g/mol. The van der Waals surface area contributed by atoms with E-state index in [1.807, 2.05) is 0 Å². The molecule has 0 aromatic rings. The summed E-state index contributed by atoms with van der Waals surface area (Å²) in [6.45, 7) is 6.54. The van der Waals surface area contributed by atoms with Gasteiger partial charge in [0.2, 0.25) is 0 Å². The van der Waals surface area contributed by atoms with Crippen LogP contribution in [-0.4, -0.2) is 41.0 Å². The van der Waals surface area contributed by atoms with Gasteiger partial charge in [0.15, 0.2) is 0 Å². The maximum atomic E-state index is 12.9. The fourth-order valence-electron chi connectivity index (χ4n) is 7.94. The Kier molecular flexibility index (Phi) is 8.49. The molecule has 0 aromatic heterocycles. The molecule has 0 heterocycles. The predicted octanol–water partition coefficient (Wildman–Crippen LogP) is 5.79. The normalized spacial score (nSPS) is 36.6. The zero-order valence-corrected chi connectivity index (χ0v) is 22.8. The number of ketones is 1. The first kappa shape index (κ1) is 27.8. The third-order valence-electron chi connectivity index (χ3n) is 10.1. The molecule has 0 bridgehead atoms. The first-order valence-electron chi connectivity index (χ1n) is 14.4. The van der Waals surface area contributed by atoms with E-state index in [1.54, 1.807) is 0 Å². The Hall–Kier alpha value is -2.18. The van der Waals surface area contributed by atoms with Crippen molar-refractivity contribution in [1.29, 1.82) is 0 Å². The molecule has 7 atom stereocenters. The molecule has 206 valence electrons. The zero-order valence-electron chi connectivity index (χ0n) is 22.8. The summed E-state index contributed by atoms with van der Waals surface area (Å²) in [5.74, 6) is -0.860. The van der Waals surface area contributed by atoms with Crippen LogP contribution in [0.3, 0.4) is 0 Å². The summed E-state index contributed by atoms with van der Waals surface area (Å²) in [5.41, 5.74) is 0.734. The Balaban J connectivity index is 1.54. The molecular formula is C30H44O7. The van der Waals surface area contributed by atoms with Gasteiger partial charge in [-0.2, -0.15) is 0 Å². The number of carbonyl (C=O) groups excluding carboxylic acids is 3. The van der Waals surface area contributed by atoms with Gasteiger partial charge in [0.05, 0.1) is 12.8 Å². The van der Waals surface area contributed by atoms with Crippen LogP contribution in [0.1, 0.15) is 111 Å². The molecule has 3 fully saturated rings. The lowest BCUT2D eigenvalue weighted by Crippen LogP contribution is -2.55.